The van der Waals surface area contributed by atoms with Crippen molar-refractivity contribution in [2.24, 2.45) is 5.41 Å². The Labute approximate surface area is 113 Å². The maximum Gasteiger partial charge on any atom is 0.0661 e. The first-order valence-electron chi connectivity index (χ1n) is 6.87. The summed E-state index contributed by atoms with van der Waals surface area (Å²) < 4.78 is 6.98. The van der Waals surface area contributed by atoms with Crippen LogP contribution in [0.1, 0.15) is 45.4 Å². The van der Waals surface area contributed by atoms with Gasteiger partial charge in [-0.25, -0.2) is 0 Å². The highest BCUT2D eigenvalue weighted by Gasteiger charge is 2.55. The first-order chi connectivity index (χ1) is 8.19. The lowest BCUT2D eigenvalue weighted by Crippen LogP contribution is -2.64. The fourth-order valence-corrected chi connectivity index (χ4v) is 3.75. The fourth-order valence-electron chi connectivity index (χ4n) is 3.58. The van der Waals surface area contributed by atoms with Gasteiger partial charge in [0.2, 0.25) is 0 Å². The number of halogens is 1. The van der Waals surface area contributed by atoms with Gasteiger partial charge in [0.1, 0.15) is 0 Å². The first-order valence-corrected chi connectivity index (χ1v) is 7.66. The molecule has 0 aromatic heterocycles. The monoisotopic (exact) mass is 301 g/mol. The van der Waals surface area contributed by atoms with Crippen molar-refractivity contribution in [2.75, 3.05) is 13.2 Å². The third-order valence-corrected chi connectivity index (χ3v) is 4.76. The molecular formula is C14H24BrNO. The van der Waals surface area contributed by atoms with Crippen molar-refractivity contribution in [1.82, 2.24) is 5.32 Å². The van der Waals surface area contributed by atoms with E-state index in [1.54, 1.807) is 0 Å². The lowest BCUT2D eigenvalue weighted by Gasteiger charge is -2.58. The summed E-state index contributed by atoms with van der Waals surface area (Å²) >= 11 is 3.43. The summed E-state index contributed by atoms with van der Waals surface area (Å²) in [5.41, 5.74) is 0.427. The summed E-state index contributed by atoms with van der Waals surface area (Å²) in [4.78, 5) is 0. The van der Waals surface area contributed by atoms with Crippen LogP contribution in [-0.4, -0.2) is 25.3 Å². The predicted molar refractivity (Wildman–Crippen MR) is 75.4 cm³/mol. The molecule has 2 rings (SSSR count). The van der Waals surface area contributed by atoms with Crippen LogP contribution in [0.2, 0.25) is 0 Å². The minimum Gasteiger partial charge on any atom is -0.378 e. The van der Waals surface area contributed by atoms with Gasteiger partial charge in [0.05, 0.1) is 6.10 Å². The van der Waals surface area contributed by atoms with Crippen LogP contribution in [-0.2, 0) is 4.74 Å². The van der Waals surface area contributed by atoms with Gasteiger partial charge in [0, 0.05) is 29.1 Å². The van der Waals surface area contributed by atoms with Crippen LogP contribution in [0.15, 0.2) is 11.1 Å². The zero-order valence-electron chi connectivity index (χ0n) is 10.8. The van der Waals surface area contributed by atoms with E-state index in [0.29, 0.717) is 17.6 Å². The number of ether oxygens (including phenoxy) is 1. The lowest BCUT2D eigenvalue weighted by molar-refractivity contribution is -0.149. The zero-order chi connectivity index (χ0) is 12.3. The van der Waals surface area contributed by atoms with Crippen LogP contribution in [0.5, 0.6) is 0 Å². The van der Waals surface area contributed by atoms with E-state index >= 15 is 0 Å². The lowest BCUT2D eigenvalue weighted by atomic mass is 9.55. The number of nitrogens with one attached hydrogen (secondary N) is 1. The van der Waals surface area contributed by atoms with Gasteiger partial charge < -0.3 is 10.1 Å². The van der Waals surface area contributed by atoms with E-state index in [0.717, 1.165) is 17.6 Å². The average molecular weight is 302 g/mol. The molecule has 0 bridgehead atoms. The highest BCUT2D eigenvalue weighted by atomic mass is 79.9. The van der Waals surface area contributed by atoms with Gasteiger partial charge in [-0.2, -0.15) is 0 Å². The van der Waals surface area contributed by atoms with Crippen LogP contribution in [0, 0.1) is 5.41 Å². The van der Waals surface area contributed by atoms with Crippen LogP contribution < -0.4 is 5.32 Å². The molecule has 2 fully saturated rings. The minimum absolute atomic E-state index is 0.427. The molecule has 2 saturated carbocycles. The maximum atomic E-state index is 5.93. The van der Waals surface area contributed by atoms with Crippen LogP contribution in [0.4, 0.5) is 0 Å². The second kappa shape index (κ2) is 5.85. The van der Waals surface area contributed by atoms with E-state index in [1.165, 1.54) is 38.5 Å². The quantitative estimate of drug-likeness (QED) is 0.837. The van der Waals surface area contributed by atoms with Crippen molar-refractivity contribution in [2.45, 2.75) is 57.6 Å². The van der Waals surface area contributed by atoms with Gasteiger partial charge in [0.15, 0.2) is 0 Å². The van der Waals surface area contributed by atoms with Gasteiger partial charge >= 0.3 is 0 Å². The summed E-state index contributed by atoms with van der Waals surface area (Å²) in [7, 11) is 0. The molecule has 98 valence electrons. The Morgan fingerprint density at radius 1 is 1.41 bits per heavy atom. The number of rotatable bonds is 5. The van der Waals surface area contributed by atoms with Crippen LogP contribution >= 0.6 is 15.9 Å². The first kappa shape index (κ1) is 13.6. The molecule has 0 aromatic rings. The van der Waals surface area contributed by atoms with E-state index < -0.39 is 0 Å². The Balaban J connectivity index is 1.95. The van der Waals surface area contributed by atoms with Crippen molar-refractivity contribution in [1.29, 1.82) is 0 Å². The third kappa shape index (κ3) is 2.77. The number of hydrogen-bond donors (Lipinski definition) is 1. The van der Waals surface area contributed by atoms with Crippen molar-refractivity contribution < 1.29 is 4.74 Å². The number of hydrogen-bond acceptors (Lipinski definition) is 2. The molecule has 3 heteroatoms. The summed E-state index contributed by atoms with van der Waals surface area (Å²) in [6.45, 7) is 7.74. The molecular weight excluding hydrogens is 278 g/mol. The second-order valence-corrected chi connectivity index (χ2v) is 6.55. The Morgan fingerprint density at radius 2 is 2.12 bits per heavy atom. The normalized spacial score (nSPS) is 31.2. The minimum atomic E-state index is 0.427. The molecule has 2 nitrogen and oxygen atoms in total. The smallest absolute Gasteiger partial charge is 0.0661 e. The van der Waals surface area contributed by atoms with Crippen LogP contribution in [0.3, 0.4) is 0 Å². The highest BCUT2D eigenvalue weighted by molar-refractivity contribution is 9.11. The molecule has 0 aromatic carbocycles. The van der Waals surface area contributed by atoms with E-state index in [9.17, 15) is 0 Å². The molecule has 0 saturated heterocycles. The Bertz CT molecular complexity index is 273. The molecule has 0 amide bonds. The summed E-state index contributed by atoms with van der Waals surface area (Å²) in [6.07, 6.45) is 8.49. The summed E-state index contributed by atoms with van der Waals surface area (Å²) in [5, 5.41) is 3.64. The van der Waals surface area contributed by atoms with Gasteiger partial charge in [0.25, 0.3) is 0 Å². The molecule has 2 aliphatic carbocycles. The molecule has 2 atom stereocenters. The summed E-state index contributed by atoms with van der Waals surface area (Å²) in [6, 6.07) is 0.633. The average Bonchev–Trinajstić information content (AvgIpc) is 2.33. The molecule has 0 aliphatic heterocycles. The zero-order valence-corrected chi connectivity index (χ0v) is 12.4. The fraction of sp³-hybridized carbons (Fsp3) is 0.857. The summed E-state index contributed by atoms with van der Waals surface area (Å²) in [5.74, 6) is 0. The van der Waals surface area contributed by atoms with Crippen LogP contribution in [0.25, 0.3) is 0 Å². The second-order valence-electron chi connectivity index (χ2n) is 5.42. The van der Waals surface area contributed by atoms with Crippen molar-refractivity contribution in [3.05, 3.63) is 11.1 Å². The van der Waals surface area contributed by atoms with E-state index in [2.05, 4.69) is 34.7 Å². The molecule has 1 spiro atoms. The standard InChI is InChI=1S/C14H24BrNO/c1-3-17-13-9-12(16-10-11(2)15)14(13)7-5-4-6-8-14/h12-13,16H,2-10H2,1H3. The molecule has 0 heterocycles. The molecule has 2 aliphatic rings. The van der Waals surface area contributed by atoms with Gasteiger partial charge in [-0.1, -0.05) is 41.8 Å². The highest BCUT2D eigenvalue weighted by Crippen LogP contribution is 2.53. The van der Waals surface area contributed by atoms with Gasteiger partial charge in [-0.15, -0.1) is 0 Å². The molecule has 2 unspecified atom stereocenters. The van der Waals surface area contributed by atoms with Crippen molar-refractivity contribution in [3.63, 3.8) is 0 Å². The SMILES string of the molecule is C=C(Br)CNC1CC(OCC)C12CCCCC2. The Kier molecular flexibility index (Phi) is 4.67. The van der Waals surface area contributed by atoms with Crippen molar-refractivity contribution >= 4 is 15.9 Å². The van der Waals surface area contributed by atoms with Crippen molar-refractivity contribution in [3.8, 4) is 0 Å². The predicted octanol–water partition coefficient (Wildman–Crippen LogP) is 3.61. The maximum absolute atomic E-state index is 5.93. The van der Waals surface area contributed by atoms with E-state index in [4.69, 9.17) is 4.74 Å². The molecule has 17 heavy (non-hydrogen) atoms. The van der Waals surface area contributed by atoms with E-state index in [-0.39, 0.29) is 0 Å². The van der Waals surface area contributed by atoms with Gasteiger partial charge in [-0.05, 0) is 26.2 Å². The molecule has 1 N–H and O–H groups in total. The topological polar surface area (TPSA) is 21.3 Å². The third-order valence-electron chi connectivity index (χ3n) is 4.48. The molecule has 0 radical (unpaired) electrons. The Morgan fingerprint density at radius 3 is 2.71 bits per heavy atom. The van der Waals surface area contributed by atoms with Gasteiger partial charge in [-0.3, -0.25) is 0 Å². The Hall–Kier alpha value is 0.140. The van der Waals surface area contributed by atoms with E-state index in [1.807, 2.05) is 0 Å². The largest absolute Gasteiger partial charge is 0.378 e.